The van der Waals surface area contributed by atoms with E-state index in [1.807, 2.05) is 18.2 Å². The fourth-order valence-corrected chi connectivity index (χ4v) is 4.75. The van der Waals surface area contributed by atoms with Crippen LogP contribution in [0.25, 0.3) is 20.2 Å². The first-order valence-corrected chi connectivity index (χ1v) is 7.94. The van der Waals surface area contributed by atoms with E-state index in [9.17, 15) is 13.2 Å². The van der Waals surface area contributed by atoms with Crippen molar-refractivity contribution in [2.45, 2.75) is 6.18 Å². The summed E-state index contributed by atoms with van der Waals surface area (Å²) in [4.78, 5) is 0. The summed E-state index contributed by atoms with van der Waals surface area (Å²) in [6.45, 7) is 0. The first-order chi connectivity index (χ1) is 8.88. The van der Waals surface area contributed by atoms with Gasteiger partial charge in [-0.2, -0.15) is 13.2 Å². The van der Waals surface area contributed by atoms with Crippen LogP contribution in [-0.2, 0) is 6.18 Å². The van der Waals surface area contributed by atoms with E-state index in [0.717, 1.165) is 13.7 Å². The second-order valence-electron chi connectivity index (χ2n) is 4.04. The Balaban J connectivity index is 2.50. The van der Waals surface area contributed by atoms with Gasteiger partial charge in [0, 0.05) is 28.2 Å². The Hall–Kier alpha value is -0.340. The van der Waals surface area contributed by atoms with Gasteiger partial charge in [-0.1, -0.05) is 28.1 Å². The molecule has 3 rings (SSSR count). The largest absolute Gasteiger partial charge is 0.418 e. The highest BCUT2D eigenvalue weighted by Gasteiger charge is 2.36. The average molecular weight is 457 g/mol. The first-order valence-electron chi connectivity index (χ1n) is 5.25. The molecule has 0 N–H and O–H groups in total. The molecular weight excluding hydrogens is 452 g/mol. The molecule has 98 valence electrons. The molecule has 0 amide bonds. The lowest BCUT2D eigenvalue weighted by Crippen LogP contribution is -2.05. The van der Waals surface area contributed by atoms with Crippen molar-refractivity contribution in [1.82, 2.24) is 0 Å². The van der Waals surface area contributed by atoms with Crippen molar-refractivity contribution in [3.63, 3.8) is 0 Å². The van der Waals surface area contributed by atoms with Gasteiger partial charge in [-0.05, 0) is 40.8 Å². The number of alkyl halides is 3. The summed E-state index contributed by atoms with van der Waals surface area (Å²) in [7, 11) is 0. The maximum absolute atomic E-state index is 13.2. The SMILES string of the molecule is FC(F)(F)c1c(Br)ccc2c1sc1cc(I)ccc12. The van der Waals surface area contributed by atoms with Crippen LogP contribution in [0.1, 0.15) is 5.56 Å². The van der Waals surface area contributed by atoms with Crippen molar-refractivity contribution in [2.24, 2.45) is 0 Å². The Morgan fingerprint density at radius 2 is 1.74 bits per heavy atom. The lowest BCUT2D eigenvalue weighted by Gasteiger charge is -2.09. The molecular formula is C13H5BrF3IS. The van der Waals surface area contributed by atoms with Crippen LogP contribution in [0.2, 0.25) is 0 Å². The van der Waals surface area contributed by atoms with Gasteiger partial charge in [-0.25, -0.2) is 0 Å². The lowest BCUT2D eigenvalue weighted by atomic mass is 10.1. The normalized spacial score (nSPS) is 12.5. The third-order valence-corrected chi connectivity index (χ3v) is 5.35. The van der Waals surface area contributed by atoms with Gasteiger partial charge in [0.15, 0.2) is 0 Å². The highest BCUT2D eigenvalue weighted by Crippen LogP contribution is 2.45. The molecule has 6 heteroatoms. The van der Waals surface area contributed by atoms with Crippen molar-refractivity contribution in [3.8, 4) is 0 Å². The van der Waals surface area contributed by atoms with E-state index < -0.39 is 11.7 Å². The molecule has 0 nitrogen and oxygen atoms in total. The first kappa shape index (κ1) is 13.6. The molecule has 0 radical (unpaired) electrons. The summed E-state index contributed by atoms with van der Waals surface area (Å²) in [6.07, 6.45) is -4.35. The van der Waals surface area contributed by atoms with Crippen LogP contribution < -0.4 is 0 Å². The molecule has 3 aromatic rings. The Kier molecular flexibility index (Phi) is 3.30. The molecule has 0 fully saturated rings. The number of thiophene rings is 1. The van der Waals surface area contributed by atoms with E-state index >= 15 is 0 Å². The van der Waals surface area contributed by atoms with Crippen molar-refractivity contribution in [1.29, 1.82) is 0 Å². The smallest absolute Gasteiger partial charge is 0.166 e. The van der Waals surface area contributed by atoms with E-state index in [-0.39, 0.29) is 4.47 Å². The molecule has 2 aromatic carbocycles. The zero-order valence-electron chi connectivity index (χ0n) is 9.18. The third kappa shape index (κ3) is 2.27. The molecule has 1 aromatic heterocycles. The van der Waals surface area contributed by atoms with Gasteiger partial charge in [-0.3, -0.25) is 0 Å². The summed E-state index contributed by atoms with van der Waals surface area (Å²) in [5.41, 5.74) is -0.582. The standard InChI is InChI=1S/C13H5BrF3IS/c14-9-4-3-8-7-2-1-6(18)5-10(7)19-12(8)11(9)13(15,16)17/h1-5H. The van der Waals surface area contributed by atoms with Gasteiger partial charge >= 0.3 is 6.18 Å². The topological polar surface area (TPSA) is 0 Å². The summed E-state index contributed by atoms with van der Waals surface area (Å²) >= 11 is 6.36. The number of hydrogen-bond acceptors (Lipinski definition) is 1. The predicted molar refractivity (Wildman–Crippen MR) is 84.8 cm³/mol. The van der Waals surface area contributed by atoms with Crippen LogP contribution in [0.5, 0.6) is 0 Å². The van der Waals surface area contributed by atoms with Gasteiger partial charge in [0.2, 0.25) is 0 Å². The molecule has 1 heterocycles. The number of hydrogen-bond donors (Lipinski definition) is 0. The van der Waals surface area contributed by atoms with Gasteiger partial charge in [-0.15, -0.1) is 11.3 Å². The Bertz CT molecular complexity index is 792. The van der Waals surface area contributed by atoms with Crippen LogP contribution in [-0.4, -0.2) is 0 Å². The highest BCUT2D eigenvalue weighted by atomic mass is 127. The van der Waals surface area contributed by atoms with Crippen molar-refractivity contribution >= 4 is 70.0 Å². The molecule has 0 atom stereocenters. The van der Waals surface area contributed by atoms with Crippen molar-refractivity contribution in [3.05, 3.63) is 43.9 Å². The minimum Gasteiger partial charge on any atom is -0.166 e. The fraction of sp³-hybridized carbons (Fsp3) is 0.0769. The van der Waals surface area contributed by atoms with Crippen molar-refractivity contribution in [2.75, 3.05) is 0 Å². The quantitative estimate of drug-likeness (QED) is 0.341. The van der Waals surface area contributed by atoms with Gasteiger partial charge in [0.05, 0.1) is 5.56 Å². The second kappa shape index (κ2) is 4.60. The van der Waals surface area contributed by atoms with E-state index in [0.29, 0.717) is 10.1 Å². The van der Waals surface area contributed by atoms with E-state index in [1.54, 1.807) is 6.07 Å². The molecule has 0 saturated carbocycles. The fourth-order valence-electron chi connectivity index (χ4n) is 2.05. The van der Waals surface area contributed by atoms with Crippen LogP contribution in [0.15, 0.2) is 34.8 Å². The maximum atomic E-state index is 13.2. The molecule has 0 aliphatic carbocycles. The lowest BCUT2D eigenvalue weighted by molar-refractivity contribution is -0.136. The van der Waals surface area contributed by atoms with Crippen molar-refractivity contribution < 1.29 is 13.2 Å². The van der Waals surface area contributed by atoms with Gasteiger partial charge in [0.25, 0.3) is 0 Å². The average Bonchev–Trinajstić information content (AvgIpc) is 2.63. The van der Waals surface area contributed by atoms with E-state index in [4.69, 9.17) is 0 Å². The third-order valence-electron chi connectivity index (χ3n) is 2.84. The monoisotopic (exact) mass is 456 g/mol. The van der Waals surface area contributed by atoms with Gasteiger partial charge in [0.1, 0.15) is 0 Å². The number of benzene rings is 2. The van der Waals surface area contributed by atoms with Crippen LogP contribution in [0, 0.1) is 3.57 Å². The van der Waals surface area contributed by atoms with E-state index in [2.05, 4.69) is 38.5 Å². The van der Waals surface area contributed by atoms with E-state index in [1.165, 1.54) is 17.4 Å². The summed E-state index contributed by atoms with van der Waals surface area (Å²) in [5.74, 6) is 0. The van der Waals surface area contributed by atoms with Crippen LogP contribution in [0.4, 0.5) is 13.2 Å². The minimum absolute atomic E-state index is 0.0914. The zero-order valence-corrected chi connectivity index (χ0v) is 13.7. The molecule has 0 bridgehead atoms. The van der Waals surface area contributed by atoms with Crippen LogP contribution >= 0.6 is 49.9 Å². The Morgan fingerprint density at radius 1 is 1.05 bits per heavy atom. The number of halogens is 5. The number of fused-ring (bicyclic) bond motifs is 3. The minimum atomic E-state index is -4.35. The highest BCUT2D eigenvalue weighted by molar-refractivity contribution is 14.1. The number of rotatable bonds is 0. The molecule has 0 spiro atoms. The molecule has 0 aliphatic rings. The second-order valence-corrected chi connectivity index (χ2v) is 7.19. The molecule has 0 saturated heterocycles. The molecule has 0 unspecified atom stereocenters. The predicted octanol–water partition coefficient (Wildman–Crippen LogP) is 6.44. The van der Waals surface area contributed by atoms with Crippen LogP contribution in [0.3, 0.4) is 0 Å². The molecule has 19 heavy (non-hydrogen) atoms. The Labute approximate surface area is 132 Å². The zero-order chi connectivity index (χ0) is 13.8. The summed E-state index contributed by atoms with van der Waals surface area (Å²) in [6, 6.07) is 8.90. The maximum Gasteiger partial charge on any atom is 0.418 e. The molecule has 0 aliphatic heterocycles. The Morgan fingerprint density at radius 3 is 2.42 bits per heavy atom. The summed E-state index contributed by atoms with van der Waals surface area (Å²) in [5, 5.41) is 1.53. The summed E-state index contributed by atoms with van der Waals surface area (Å²) < 4.78 is 41.8. The van der Waals surface area contributed by atoms with Gasteiger partial charge < -0.3 is 0 Å².